The normalized spacial score (nSPS) is 17.1. The van der Waals surface area contributed by atoms with Crippen LogP contribution >= 0.6 is 0 Å². The number of fused-ring (bicyclic) bond motifs is 1. The van der Waals surface area contributed by atoms with Crippen LogP contribution in [0.3, 0.4) is 0 Å². The molecule has 1 atom stereocenters. The van der Waals surface area contributed by atoms with Crippen LogP contribution in [-0.2, 0) is 5.60 Å². The third kappa shape index (κ3) is 4.28. The molecule has 3 N–H and O–H groups in total. The van der Waals surface area contributed by atoms with Crippen LogP contribution in [0.1, 0.15) is 37.1 Å². The van der Waals surface area contributed by atoms with Crippen molar-refractivity contribution >= 4 is 22.3 Å². The minimum absolute atomic E-state index is 0.00279. The summed E-state index contributed by atoms with van der Waals surface area (Å²) in [5, 5.41) is 24.5. The van der Waals surface area contributed by atoms with Crippen molar-refractivity contribution in [2.75, 3.05) is 31.6 Å². The number of nitrogens with one attached hydrogen (secondary N) is 1. The summed E-state index contributed by atoms with van der Waals surface area (Å²) >= 11 is 0. The third-order valence-electron chi connectivity index (χ3n) is 6.17. The van der Waals surface area contributed by atoms with Crippen molar-refractivity contribution in [3.05, 3.63) is 71.2 Å². The van der Waals surface area contributed by atoms with Gasteiger partial charge in [0.2, 0.25) is 5.69 Å². The second-order valence-electron chi connectivity index (χ2n) is 8.20. The zero-order valence-electron chi connectivity index (χ0n) is 17.9. The van der Waals surface area contributed by atoms with Gasteiger partial charge in [-0.05, 0) is 37.5 Å². The van der Waals surface area contributed by atoms with Crippen LogP contribution < -0.4 is 5.32 Å². The summed E-state index contributed by atoms with van der Waals surface area (Å²) < 4.78 is 14.7. The number of likely N-dealkylation sites (tertiary alicyclic amines) is 1. The monoisotopic (exact) mass is 435 g/mol. The van der Waals surface area contributed by atoms with Crippen LogP contribution in [0.4, 0.5) is 15.8 Å². The van der Waals surface area contributed by atoms with Crippen LogP contribution in [0.5, 0.6) is 0 Å². The molecule has 1 aliphatic rings. The number of pyridine rings is 2. The number of aromatic nitrogens is 2. The molecule has 0 radical (unpaired) electrons. The maximum absolute atomic E-state index is 14.7. The highest BCUT2D eigenvalue weighted by Gasteiger charge is 2.35. The molecule has 3 aromatic rings. The standard InChI is InChI=1S/C24H26FN5O2/c1-16(17-4-3-5-20(26-2)23(17)25)29-19-6-9-27-21-15-28-22(14-18(19)21)24(32)7-10-30(11-8-24)12-13-31/h3-6,9,14-16,31-32H,7-8,10-13H2,1H3,(H,27,29)/t16-/m1/s1. The van der Waals surface area contributed by atoms with E-state index in [1.807, 2.05) is 19.1 Å². The van der Waals surface area contributed by atoms with Gasteiger partial charge in [0.1, 0.15) is 11.4 Å². The van der Waals surface area contributed by atoms with E-state index in [2.05, 4.69) is 25.0 Å². The second-order valence-corrected chi connectivity index (χ2v) is 8.20. The number of rotatable bonds is 6. The minimum atomic E-state index is -1.05. The van der Waals surface area contributed by atoms with Gasteiger partial charge in [-0.25, -0.2) is 9.24 Å². The Labute approximate surface area is 186 Å². The molecule has 1 fully saturated rings. The summed E-state index contributed by atoms with van der Waals surface area (Å²) in [6.45, 7) is 11.0. The molecule has 3 heterocycles. The van der Waals surface area contributed by atoms with Crippen LogP contribution in [0.15, 0.2) is 42.7 Å². The van der Waals surface area contributed by atoms with Gasteiger partial charge in [-0.15, -0.1) is 0 Å². The van der Waals surface area contributed by atoms with Gasteiger partial charge in [-0.3, -0.25) is 9.97 Å². The van der Waals surface area contributed by atoms with E-state index in [-0.39, 0.29) is 18.3 Å². The fraction of sp³-hybridized carbons (Fsp3) is 0.375. The molecule has 1 aromatic carbocycles. The van der Waals surface area contributed by atoms with Crippen molar-refractivity contribution in [1.82, 2.24) is 14.9 Å². The molecule has 0 spiro atoms. The fourth-order valence-electron chi connectivity index (χ4n) is 4.24. The summed E-state index contributed by atoms with van der Waals surface area (Å²) in [5.41, 5.74) is 1.36. The summed E-state index contributed by atoms with van der Waals surface area (Å²) in [4.78, 5) is 14.2. The van der Waals surface area contributed by atoms with E-state index in [9.17, 15) is 9.50 Å². The van der Waals surface area contributed by atoms with Crippen LogP contribution in [0.25, 0.3) is 15.7 Å². The Bertz CT molecular complexity index is 1150. The van der Waals surface area contributed by atoms with E-state index in [0.717, 1.165) is 11.1 Å². The lowest BCUT2D eigenvalue weighted by Crippen LogP contribution is -2.43. The first kappa shape index (κ1) is 22.1. The first-order valence-electron chi connectivity index (χ1n) is 10.7. The Hall–Kier alpha value is -3.12. The van der Waals surface area contributed by atoms with Crippen molar-refractivity contribution in [3.8, 4) is 0 Å². The second kappa shape index (κ2) is 9.17. The Morgan fingerprint density at radius 2 is 2.06 bits per heavy atom. The number of β-amino-alcohol motifs (C(OH)–C–C–N with tert-alkyl or cyclic N) is 1. The van der Waals surface area contributed by atoms with E-state index < -0.39 is 11.4 Å². The lowest BCUT2D eigenvalue weighted by atomic mass is 9.87. The van der Waals surface area contributed by atoms with Crippen molar-refractivity contribution in [1.29, 1.82) is 0 Å². The van der Waals surface area contributed by atoms with E-state index in [1.165, 1.54) is 6.07 Å². The highest BCUT2D eigenvalue weighted by Crippen LogP contribution is 2.35. The number of anilines is 1. The molecule has 8 heteroatoms. The van der Waals surface area contributed by atoms with Gasteiger partial charge in [-0.1, -0.05) is 18.2 Å². The Morgan fingerprint density at radius 1 is 1.28 bits per heavy atom. The molecular weight excluding hydrogens is 409 g/mol. The first-order chi connectivity index (χ1) is 15.4. The van der Waals surface area contributed by atoms with Crippen molar-refractivity contribution in [2.24, 2.45) is 0 Å². The molecule has 0 bridgehead atoms. The fourth-order valence-corrected chi connectivity index (χ4v) is 4.24. The highest BCUT2D eigenvalue weighted by atomic mass is 19.1. The Kier molecular flexibility index (Phi) is 6.33. The van der Waals surface area contributed by atoms with Gasteiger partial charge < -0.3 is 20.4 Å². The maximum atomic E-state index is 14.7. The van der Waals surface area contributed by atoms with Gasteiger partial charge >= 0.3 is 0 Å². The molecule has 32 heavy (non-hydrogen) atoms. The highest BCUT2D eigenvalue weighted by molar-refractivity contribution is 5.91. The number of aliphatic hydroxyl groups excluding tert-OH is 1. The van der Waals surface area contributed by atoms with E-state index in [1.54, 1.807) is 24.5 Å². The molecular formula is C24H26FN5O2. The molecule has 4 rings (SSSR count). The zero-order valence-corrected chi connectivity index (χ0v) is 17.9. The maximum Gasteiger partial charge on any atom is 0.222 e. The zero-order chi connectivity index (χ0) is 22.7. The van der Waals surface area contributed by atoms with Crippen molar-refractivity contribution in [2.45, 2.75) is 31.4 Å². The predicted octanol–water partition coefficient (Wildman–Crippen LogP) is 3.77. The van der Waals surface area contributed by atoms with Gasteiger partial charge in [-0.2, -0.15) is 0 Å². The van der Waals surface area contributed by atoms with Gasteiger partial charge in [0.25, 0.3) is 0 Å². The van der Waals surface area contributed by atoms with E-state index in [0.29, 0.717) is 49.2 Å². The molecule has 0 amide bonds. The quantitative estimate of drug-likeness (QED) is 0.511. The molecule has 0 aliphatic carbocycles. The predicted molar refractivity (Wildman–Crippen MR) is 121 cm³/mol. The minimum Gasteiger partial charge on any atom is -0.395 e. The number of hydrogen-bond acceptors (Lipinski definition) is 6. The van der Waals surface area contributed by atoms with Gasteiger partial charge in [0.05, 0.1) is 36.6 Å². The first-order valence-corrected chi connectivity index (χ1v) is 10.7. The van der Waals surface area contributed by atoms with E-state index in [4.69, 9.17) is 11.7 Å². The number of piperidine rings is 1. The average molecular weight is 436 g/mol. The van der Waals surface area contributed by atoms with Crippen molar-refractivity contribution < 1.29 is 14.6 Å². The third-order valence-corrected chi connectivity index (χ3v) is 6.17. The number of nitrogens with zero attached hydrogens (tertiary/aromatic N) is 4. The molecule has 7 nitrogen and oxygen atoms in total. The number of aliphatic hydroxyl groups is 2. The summed E-state index contributed by atoms with van der Waals surface area (Å²) in [7, 11) is 0. The lowest BCUT2D eigenvalue weighted by Gasteiger charge is -2.37. The molecule has 166 valence electrons. The Morgan fingerprint density at radius 3 is 2.78 bits per heavy atom. The van der Waals surface area contributed by atoms with Gasteiger partial charge in [0, 0.05) is 36.9 Å². The Balaban J connectivity index is 1.63. The van der Waals surface area contributed by atoms with Crippen molar-refractivity contribution in [3.63, 3.8) is 0 Å². The van der Waals surface area contributed by atoms with Crippen LogP contribution in [0.2, 0.25) is 0 Å². The largest absolute Gasteiger partial charge is 0.395 e. The van der Waals surface area contributed by atoms with Crippen LogP contribution in [0, 0.1) is 12.4 Å². The average Bonchev–Trinajstić information content (AvgIpc) is 2.81. The SMILES string of the molecule is [C-]#[N+]c1cccc([C@@H](C)Nc2ccnc3cnc(C4(O)CCN(CCO)CC4)cc23)c1F. The molecule has 0 saturated carbocycles. The summed E-state index contributed by atoms with van der Waals surface area (Å²) in [6.07, 6.45) is 4.37. The number of halogens is 1. The topological polar surface area (TPSA) is 85.9 Å². The van der Waals surface area contributed by atoms with Crippen LogP contribution in [-0.4, -0.2) is 51.3 Å². The smallest absolute Gasteiger partial charge is 0.222 e. The molecule has 1 aliphatic heterocycles. The molecule has 1 saturated heterocycles. The molecule has 0 unspecified atom stereocenters. The van der Waals surface area contributed by atoms with E-state index >= 15 is 0 Å². The summed E-state index contributed by atoms with van der Waals surface area (Å²) in [6, 6.07) is 8.09. The molecule has 2 aromatic heterocycles. The number of benzene rings is 1. The summed E-state index contributed by atoms with van der Waals surface area (Å²) in [5.74, 6) is -0.521. The number of hydrogen-bond donors (Lipinski definition) is 3. The van der Waals surface area contributed by atoms with Gasteiger partial charge in [0.15, 0.2) is 0 Å². The lowest BCUT2D eigenvalue weighted by molar-refractivity contribution is -0.0316.